The summed E-state index contributed by atoms with van der Waals surface area (Å²) in [4.78, 5) is 28.3. The van der Waals surface area contributed by atoms with Gasteiger partial charge >= 0.3 is 11.7 Å². The van der Waals surface area contributed by atoms with Crippen LogP contribution in [-0.4, -0.2) is 33.7 Å². The van der Waals surface area contributed by atoms with Gasteiger partial charge in [0.1, 0.15) is 5.75 Å². The summed E-state index contributed by atoms with van der Waals surface area (Å²) in [5, 5.41) is 0. The van der Waals surface area contributed by atoms with Gasteiger partial charge in [-0.3, -0.25) is 9.69 Å². The zero-order valence-corrected chi connectivity index (χ0v) is 15.2. The van der Waals surface area contributed by atoms with E-state index in [1.165, 1.54) is 0 Å². The molecule has 0 aliphatic carbocycles. The van der Waals surface area contributed by atoms with Gasteiger partial charge in [0.2, 0.25) is 5.78 Å². The summed E-state index contributed by atoms with van der Waals surface area (Å²) in [6.07, 6.45) is 1.81. The van der Waals surface area contributed by atoms with Crippen LogP contribution in [0.2, 0.25) is 0 Å². The number of carbonyl (C=O) groups is 2. The second-order valence-corrected chi connectivity index (χ2v) is 5.95. The molecule has 0 saturated carbocycles. The molecule has 0 N–H and O–H groups in total. The number of nitrogens with zero attached hydrogens (tertiary/aromatic N) is 3. The Morgan fingerprint density at radius 1 is 1.11 bits per heavy atom. The van der Waals surface area contributed by atoms with Gasteiger partial charge in [-0.1, -0.05) is 54.6 Å². The van der Waals surface area contributed by atoms with Crippen molar-refractivity contribution in [2.45, 2.75) is 20.0 Å². The lowest BCUT2D eigenvalue weighted by atomic mass is 10.1. The molecular weight excluding hydrogens is 342 g/mol. The SMILES string of the molecule is C=CCN(Cc1ccccc1)Cc1ccccc1OC(=O)C(=[N+]=[N-])C(C)=O. The molecule has 2 rings (SSSR count). The van der Waals surface area contributed by atoms with E-state index in [2.05, 4.69) is 16.3 Å². The number of para-hydroxylation sites is 1. The van der Waals surface area contributed by atoms with Gasteiger partial charge in [-0.25, -0.2) is 4.79 Å². The van der Waals surface area contributed by atoms with Crippen molar-refractivity contribution in [3.63, 3.8) is 0 Å². The maximum atomic E-state index is 12.1. The number of ketones is 1. The quantitative estimate of drug-likeness (QED) is 0.130. The number of Topliss-reactive ketones (excluding diaryl/α,β-unsaturated/α-hetero) is 1. The maximum absolute atomic E-state index is 12.1. The Labute approximate surface area is 158 Å². The molecule has 0 spiro atoms. The Bertz CT molecular complexity index is 871. The van der Waals surface area contributed by atoms with Gasteiger partial charge < -0.3 is 10.3 Å². The highest BCUT2D eigenvalue weighted by molar-refractivity contribution is 6.62. The number of benzene rings is 2. The van der Waals surface area contributed by atoms with Crippen molar-refractivity contribution in [2.24, 2.45) is 0 Å². The van der Waals surface area contributed by atoms with Crippen LogP contribution < -0.4 is 4.74 Å². The predicted octanol–water partition coefficient (Wildman–Crippen LogP) is 3.04. The molecule has 0 fully saturated rings. The monoisotopic (exact) mass is 363 g/mol. The Hall–Kier alpha value is -3.34. The average Bonchev–Trinajstić information content (AvgIpc) is 2.64. The molecule has 0 unspecified atom stereocenters. The third-order valence-corrected chi connectivity index (χ3v) is 3.83. The van der Waals surface area contributed by atoms with E-state index >= 15 is 0 Å². The molecule has 27 heavy (non-hydrogen) atoms. The molecule has 6 heteroatoms. The molecule has 0 radical (unpaired) electrons. The summed E-state index contributed by atoms with van der Waals surface area (Å²) in [6, 6.07) is 17.1. The molecule has 0 aromatic heterocycles. The van der Waals surface area contributed by atoms with Gasteiger partial charge in [0.25, 0.3) is 0 Å². The van der Waals surface area contributed by atoms with Gasteiger partial charge in [0, 0.05) is 32.1 Å². The van der Waals surface area contributed by atoms with Crippen molar-refractivity contribution in [1.82, 2.24) is 4.90 Å². The average molecular weight is 363 g/mol. The minimum atomic E-state index is -0.990. The summed E-state index contributed by atoms with van der Waals surface area (Å²) in [5.41, 5.74) is 10.1. The normalized spacial score (nSPS) is 10.1. The molecule has 138 valence electrons. The molecular formula is C21H21N3O3. The van der Waals surface area contributed by atoms with E-state index in [0.717, 1.165) is 18.1 Å². The first-order chi connectivity index (χ1) is 13.0. The fourth-order valence-electron chi connectivity index (χ4n) is 2.59. The van der Waals surface area contributed by atoms with E-state index in [0.29, 0.717) is 25.4 Å². The smallest absolute Gasteiger partial charge is 0.417 e. The van der Waals surface area contributed by atoms with Crippen molar-refractivity contribution in [1.29, 1.82) is 0 Å². The van der Waals surface area contributed by atoms with E-state index in [1.807, 2.05) is 48.5 Å². The maximum Gasteiger partial charge on any atom is 0.441 e. The predicted molar refractivity (Wildman–Crippen MR) is 102 cm³/mol. The van der Waals surface area contributed by atoms with Crippen LogP contribution in [0.15, 0.2) is 67.3 Å². The summed E-state index contributed by atoms with van der Waals surface area (Å²) in [5.74, 6) is -1.35. The fourth-order valence-corrected chi connectivity index (χ4v) is 2.59. The molecule has 0 amide bonds. The zero-order valence-electron chi connectivity index (χ0n) is 15.2. The molecule has 0 aliphatic heterocycles. The second kappa shape index (κ2) is 9.97. The Morgan fingerprint density at radius 2 is 1.78 bits per heavy atom. The van der Waals surface area contributed by atoms with Crippen LogP contribution >= 0.6 is 0 Å². The van der Waals surface area contributed by atoms with Crippen molar-refractivity contribution in [3.8, 4) is 5.75 Å². The number of ether oxygens (including phenoxy) is 1. The van der Waals surface area contributed by atoms with Gasteiger partial charge in [0.05, 0.1) is 0 Å². The van der Waals surface area contributed by atoms with Crippen LogP contribution in [0.3, 0.4) is 0 Å². The van der Waals surface area contributed by atoms with Gasteiger partial charge in [-0.15, -0.1) is 6.58 Å². The molecule has 0 heterocycles. The number of hydrogen-bond donors (Lipinski definition) is 0. The lowest BCUT2D eigenvalue weighted by Crippen LogP contribution is -2.28. The lowest BCUT2D eigenvalue weighted by molar-refractivity contribution is -0.134. The summed E-state index contributed by atoms with van der Waals surface area (Å²) >= 11 is 0. The highest BCUT2D eigenvalue weighted by Gasteiger charge is 2.28. The molecule has 2 aromatic carbocycles. The molecule has 0 atom stereocenters. The number of rotatable bonds is 9. The van der Waals surface area contributed by atoms with Gasteiger partial charge in [0.15, 0.2) is 0 Å². The van der Waals surface area contributed by atoms with Crippen molar-refractivity contribution < 1.29 is 19.1 Å². The van der Waals surface area contributed by atoms with E-state index in [9.17, 15) is 9.59 Å². The lowest BCUT2D eigenvalue weighted by Gasteiger charge is -2.22. The molecule has 6 nitrogen and oxygen atoms in total. The first kappa shape index (κ1) is 20.0. The highest BCUT2D eigenvalue weighted by Crippen LogP contribution is 2.21. The third kappa shape index (κ3) is 5.85. The third-order valence-electron chi connectivity index (χ3n) is 3.83. The van der Waals surface area contributed by atoms with Crippen LogP contribution in [0.5, 0.6) is 5.75 Å². The van der Waals surface area contributed by atoms with Crippen LogP contribution in [0.4, 0.5) is 0 Å². The summed E-state index contributed by atoms with van der Waals surface area (Å²) in [6.45, 7) is 6.79. The minimum Gasteiger partial charge on any atom is -0.417 e. The minimum absolute atomic E-state index is 0.312. The molecule has 0 saturated heterocycles. The zero-order chi connectivity index (χ0) is 19.6. The fraction of sp³-hybridized carbons (Fsp3) is 0.190. The van der Waals surface area contributed by atoms with Gasteiger partial charge in [-0.2, -0.15) is 4.79 Å². The van der Waals surface area contributed by atoms with Crippen LogP contribution in [0.25, 0.3) is 5.53 Å². The number of carbonyl (C=O) groups excluding carboxylic acids is 2. The first-order valence-corrected chi connectivity index (χ1v) is 8.45. The van der Waals surface area contributed by atoms with Crippen LogP contribution in [-0.2, 0) is 22.7 Å². The van der Waals surface area contributed by atoms with Crippen molar-refractivity contribution in [3.05, 3.63) is 83.9 Å². The molecule has 0 bridgehead atoms. The Morgan fingerprint density at radius 3 is 2.41 bits per heavy atom. The van der Waals surface area contributed by atoms with Gasteiger partial charge in [-0.05, 0) is 11.6 Å². The Balaban J connectivity index is 2.19. The van der Waals surface area contributed by atoms with Crippen molar-refractivity contribution in [2.75, 3.05) is 6.54 Å². The molecule has 2 aromatic rings. The highest BCUT2D eigenvalue weighted by atomic mass is 16.5. The first-order valence-electron chi connectivity index (χ1n) is 8.45. The van der Waals surface area contributed by atoms with E-state index in [1.54, 1.807) is 12.1 Å². The largest absolute Gasteiger partial charge is 0.441 e. The summed E-state index contributed by atoms with van der Waals surface area (Å²) < 4.78 is 5.29. The van der Waals surface area contributed by atoms with Crippen molar-refractivity contribution >= 4 is 17.5 Å². The van der Waals surface area contributed by atoms with E-state index in [4.69, 9.17) is 10.3 Å². The topological polar surface area (TPSA) is 83.0 Å². The second-order valence-electron chi connectivity index (χ2n) is 5.95. The Kier molecular flexibility index (Phi) is 7.37. The van der Waals surface area contributed by atoms with E-state index < -0.39 is 17.5 Å². The summed E-state index contributed by atoms with van der Waals surface area (Å²) in [7, 11) is 0. The number of esters is 1. The number of hydrogen-bond acceptors (Lipinski definition) is 4. The van der Waals surface area contributed by atoms with Crippen LogP contribution in [0, 0.1) is 0 Å². The molecule has 0 aliphatic rings. The standard InChI is InChI=1S/C21H21N3O3/c1-3-13-24(14-17-9-5-4-6-10-17)15-18-11-7-8-12-19(18)27-21(26)20(23-22)16(2)25/h3-12H,1,13-15H2,2H3. The van der Waals surface area contributed by atoms with Crippen LogP contribution in [0.1, 0.15) is 18.1 Å². The van der Waals surface area contributed by atoms with E-state index in [-0.39, 0.29) is 0 Å².